The van der Waals surface area contributed by atoms with Crippen molar-refractivity contribution in [3.63, 3.8) is 0 Å². The van der Waals surface area contributed by atoms with Crippen molar-refractivity contribution in [1.82, 2.24) is 0 Å². The molecule has 0 aromatic heterocycles. The summed E-state index contributed by atoms with van der Waals surface area (Å²) in [5.41, 5.74) is 0.168. The molecule has 1 unspecified atom stereocenters. The van der Waals surface area contributed by atoms with Crippen LogP contribution < -0.4 is 4.31 Å². The van der Waals surface area contributed by atoms with Gasteiger partial charge in [0.1, 0.15) is 5.82 Å². The third kappa shape index (κ3) is 2.17. The highest BCUT2D eigenvalue weighted by atomic mass is 32.2. The van der Waals surface area contributed by atoms with Gasteiger partial charge in [-0.1, -0.05) is 6.07 Å². The first kappa shape index (κ1) is 12.8. The van der Waals surface area contributed by atoms with Gasteiger partial charge >= 0.3 is 5.97 Å². The van der Waals surface area contributed by atoms with E-state index in [4.69, 9.17) is 5.11 Å². The van der Waals surface area contributed by atoms with Crippen LogP contribution >= 0.6 is 0 Å². The number of hydrogen-bond donors (Lipinski definition) is 1. The topological polar surface area (TPSA) is 74.7 Å². The molecule has 1 aliphatic heterocycles. The maximum atomic E-state index is 13.1. The highest BCUT2D eigenvalue weighted by molar-refractivity contribution is 7.94. The average Bonchev–Trinajstić information content (AvgIpc) is 2.27. The number of nitrogens with zero attached hydrogens (tertiary/aromatic N) is 1. The van der Waals surface area contributed by atoms with Crippen LogP contribution in [0.3, 0.4) is 0 Å². The lowest BCUT2D eigenvalue weighted by molar-refractivity contribution is -0.136. The molecule has 98 valence electrons. The van der Waals surface area contributed by atoms with Crippen molar-refractivity contribution >= 4 is 21.7 Å². The first-order valence-electron chi connectivity index (χ1n) is 5.43. The lowest BCUT2D eigenvalue weighted by Crippen LogP contribution is -2.47. The molecule has 1 atom stereocenters. The largest absolute Gasteiger partial charge is 0.480 e. The van der Waals surface area contributed by atoms with Crippen LogP contribution in [0.25, 0.3) is 0 Å². The van der Waals surface area contributed by atoms with Gasteiger partial charge in [-0.2, -0.15) is 0 Å². The van der Waals surface area contributed by atoms with Crippen molar-refractivity contribution in [3.05, 3.63) is 30.1 Å². The Morgan fingerprint density at radius 3 is 2.78 bits per heavy atom. The van der Waals surface area contributed by atoms with Gasteiger partial charge in [0.2, 0.25) is 10.0 Å². The van der Waals surface area contributed by atoms with Crippen LogP contribution in [0.2, 0.25) is 0 Å². The molecule has 1 aromatic carbocycles. The summed E-state index contributed by atoms with van der Waals surface area (Å²) in [5.74, 6) is -1.92. The summed E-state index contributed by atoms with van der Waals surface area (Å²) >= 11 is 0. The van der Waals surface area contributed by atoms with Gasteiger partial charge in [-0.15, -0.1) is 0 Å². The molecular weight excluding hydrogens is 261 g/mol. The first-order chi connectivity index (χ1) is 8.43. The number of carboxylic acid groups (broad SMARTS) is 1. The molecule has 1 N–H and O–H groups in total. The number of carboxylic acids is 1. The Kier molecular flexibility index (Phi) is 3.25. The second-order valence-corrected chi connectivity index (χ2v) is 6.11. The summed E-state index contributed by atoms with van der Waals surface area (Å²) in [6.45, 7) is 0.176. The second kappa shape index (κ2) is 4.56. The molecule has 5 nitrogen and oxygen atoms in total. The Balaban J connectivity index is 2.42. The van der Waals surface area contributed by atoms with Crippen LogP contribution in [-0.2, 0) is 14.8 Å². The van der Waals surface area contributed by atoms with E-state index in [1.807, 2.05) is 0 Å². The van der Waals surface area contributed by atoms with Gasteiger partial charge in [0.15, 0.2) is 5.25 Å². The summed E-state index contributed by atoms with van der Waals surface area (Å²) < 4.78 is 38.2. The van der Waals surface area contributed by atoms with E-state index in [9.17, 15) is 17.6 Å². The van der Waals surface area contributed by atoms with Crippen LogP contribution in [0.4, 0.5) is 10.1 Å². The minimum atomic E-state index is -3.97. The Morgan fingerprint density at radius 2 is 2.17 bits per heavy atom. The van der Waals surface area contributed by atoms with E-state index in [0.29, 0.717) is 6.42 Å². The van der Waals surface area contributed by atoms with Gasteiger partial charge < -0.3 is 5.11 Å². The fourth-order valence-corrected chi connectivity index (χ4v) is 3.83. The number of hydrogen-bond acceptors (Lipinski definition) is 3. The van der Waals surface area contributed by atoms with Crippen molar-refractivity contribution in [2.24, 2.45) is 0 Å². The zero-order chi connectivity index (χ0) is 13.3. The molecule has 0 amide bonds. The number of carbonyl (C=O) groups is 1. The minimum Gasteiger partial charge on any atom is -0.480 e. The first-order valence-corrected chi connectivity index (χ1v) is 6.93. The standard InChI is InChI=1S/C11H12FNO4S/c12-8-3-1-4-9(7-8)13-6-2-5-10(11(14)15)18(13,16)17/h1,3-4,7,10H,2,5-6H2,(H,14,15). The predicted octanol–water partition coefficient (Wildman–Crippen LogP) is 1.21. The van der Waals surface area contributed by atoms with Crippen molar-refractivity contribution in [3.8, 4) is 0 Å². The molecule has 1 heterocycles. The van der Waals surface area contributed by atoms with Crippen molar-refractivity contribution in [2.45, 2.75) is 18.1 Å². The van der Waals surface area contributed by atoms with Crippen molar-refractivity contribution in [1.29, 1.82) is 0 Å². The molecule has 0 radical (unpaired) electrons. The van der Waals surface area contributed by atoms with Crippen LogP contribution in [-0.4, -0.2) is 31.3 Å². The maximum absolute atomic E-state index is 13.1. The fraction of sp³-hybridized carbons (Fsp3) is 0.364. The summed E-state index contributed by atoms with van der Waals surface area (Å²) in [4.78, 5) is 10.9. The van der Waals surface area contributed by atoms with Gasteiger partial charge in [0.05, 0.1) is 5.69 Å². The zero-order valence-corrected chi connectivity index (χ0v) is 10.2. The van der Waals surface area contributed by atoms with Crippen molar-refractivity contribution in [2.75, 3.05) is 10.8 Å². The Morgan fingerprint density at radius 1 is 1.44 bits per heavy atom. The number of sulfonamides is 1. The highest BCUT2D eigenvalue weighted by Gasteiger charge is 2.40. The zero-order valence-electron chi connectivity index (χ0n) is 9.41. The lowest BCUT2D eigenvalue weighted by atomic mass is 10.2. The monoisotopic (exact) mass is 273 g/mol. The molecule has 0 bridgehead atoms. The summed E-state index contributed by atoms with van der Waals surface area (Å²) in [6, 6.07) is 5.13. The summed E-state index contributed by atoms with van der Waals surface area (Å²) in [5, 5.41) is 7.46. The van der Waals surface area contributed by atoms with Crippen molar-refractivity contribution < 1.29 is 22.7 Å². The molecule has 1 saturated heterocycles. The smallest absolute Gasteiger partial charge is 0.323 e. The number of benzene rings is 1. The predicted molar refractivity (Wildman–Crippen MR) is 63.3 cm³/mol. The molecule has 0 aliphatic carbocycles. The molecule has 1 fully saturated rings. The Labute approximate surface area is 104 Å². The van der Waals surface area contributed by atoms with Gasteiger partial charge in [0.25, 0.3) is 0 Å². The van der Waals surface area contributed by atoms with Crippen LogP contribution in [0, 0.1) is 5.82 Å². The maximum Gasteiger partial charge on any atom is 0.323 e. The van der Waals surface area contributed by atoms with E-state index in [2.05, 4.69) is 0 Å². The molecule has 7 heteroatoms. The lowest BCUT2D eigenvalue weighted by Gasteiger charge is -2.31. The van der Waals surface area contributed by atoms with Gasteiger partial charge in [-0.3, -0.25) is 9.10 Å². The Bertz CT molecular complexity index is 572. The van der Waals surface area contributed by atoms with Gasteiger partial charge in [0, 0.05) is 6.54 Å². The SMILES string of the molecule is O=C(O)C1CCCN(c2cccc(F)c2)S1(=O)=O. The van der Waals surface area contributed by atoms with Crippen LogP contribution in [0.15, 0.2) is 24.3 Å². The normalized spacial score (nSPS) is 22.7. The van der Waals surface area contributed by atoms with E-state index in [1.165, 1.54) is 18.2 Å². The third-order valence-electron chi connectivity index (χ3n) is 2.87. The van der Waals surface area contributed by atoms with E-state index < -0.39 is 27.1 Å². The fourth-order valence-electron chi connectivity index (χ4n) is 2.01. The van der Waals surface area contributed by atoms with Gasteiger partial charge in [-0.05, 0) is 31.0 Å². The van der Waals surface area contributed by atoms with Gasteiger partial charge in [-0.25, -0.2) is 12.8 Å². The average molecular weight is 273 g/mol. The summed E-state index contributed by atoms with van der Waals surface area (Å²) in [7, 11) is -3.97. The quantitative estimate of drug-likeness (QED) is 0.878. The minimum absolute atomic E-state index is 0.0868. The van der Waals surface area contributed by atoms with E-state index >= 15 is 0 Å². The van der Waals surface area contributed by atoms with E-state index in [1.54, 1.807) is 0 Å². The highest BCUT2D eigenvalue weighted by Crippen LogP contribution is 2.28. The molecule has 1 aromatic rings. The third-order valence-corrected chi connectivity index (χ3v) is 5.03. The number of rotatable bonds is 2. The summed E-state index contributed by atoms with van der Waals surface area (Å²) in [6.07, 6.45) is 0.524. The molecule has 0 saturated carbocycles. The Hall–Kier alpha value is -1.63. The number of anilines is 1. The van der Waals surface area contributed by atoms with Crippen LogP contribution in [0.5, 0.6) is 0 Å². The number of aliphatic carboxylic acids is 1. The number of halogens is 1. The van der Waals surface area contributed by atoms with E-state index in [0.717, 1.165) is 10.4 Å². The second-order valence-electron chi connectivity index (χ2n) is 4.07. The molecule has 1 aliphatic rings. The molecular formula is C11H12FNO4S. The van der Waals surface area contributed by atoms with Crippen LogP contribution in [0.1, 0.15) is 12.8 Å². The molecule has 18 heavy (non-hydrogen) atoms. The molecule has 0 spiro atoms. The molecule has 2 rings (SSSR count). The van der Waals surface area contributed by atoms with E-state index in [-0.39, 0.29) is 18.7 Å².